The van der Waals surface area contributed by atoms with Gasteiger partial charge in [0.15, 0.2) is 0 Å². The quantitative estimate of drug-likeness (QED) is 0.835. The highest BCUT2D eigenvalue weighted by Crippen LogP contribution is 2.07. The third kappa shape index (κ3) is 4.43. The molecule has 0 aromatic heterocycles. The number of carbonyl (C=O) groups is 2. The molecule has 0 aliphatic carbocycles. The summed E-state index contributed by atoms with van der Waals surface area (Å²) >= 11 is 0. The van der Waals surface area contributed by atoms with E-state index in [2.05, 4.69) is 5.32 Å². The number of rotatable bonds is 5. The van der Waals surface area contributed by atoms with Gasteiger partial charge in [0.05, 0.1) is 11.6 Å². The first kappa shape index (κ1) is 14.7. The van der Waals surface area contributed by atoms with Crippen molar-refractivity contribution in [2.45, 2.75) is 26.3 Å². The maximum atomic E-state index is 11.5. The molecule has 19 heavy (non-hydrogen) atoms. The Kier molecular flexibility index (Phi) is 5.07. The van der Waals surface area contributed by atoms with Crippen molar-refractivity contribution in [1.82, 2.24) is 5.32 Å². The number of nitriles is 1. The van der Waals surface area contributed by atoms with Gasteiger partial charge in [-0.05, 0) is 17.7 Å². The van der Waals surface area contributed by atoms with E-state index in [0.29, 0.717) is 5.56 Å². The van der Waals surface area contributed by atoms with Gasteiger partial charge in [-0.1, -0.05) is 26.0 Å². The number of nitrogens with zero attached hydrogens (tertiary/aromatic N) is 1. The Morgan fingerprint density at radius 1 is 1.32 bits per heavy atom. The molecule has 1 aromatic carbocycles. The average molecular weight is 260 g/mol. The number of carboxylic acid groups (broad SMARTS) is 1. The van der Waals surface area contributed by atoms with Crippen molar-refractivity contribution < 1.29 is 14.7 Å². The lowest BCUT2D eigenvalue weighted by molar-refractivity contribution is -0.142. The van der Waals surface area contributed by atoms with Crippen LogP contribution >= 0.6 is 0 Å². The Bertz CT molecular complexity index is 500. The molecule has 5 heteroatoms. The van der Waals surface area contributed by atoms with Crippen molar-refractivity contribution in [3.63, 3.8) is 0 Å². The fourth-order valence-electron chi connectivity index (χ4n) is 1.49. The lowest BCUT2D eigenvalue weighted by Crippen LogP contribution is -2.44. The van der Waals surface area contributed by atoms with Crippen LogP contribution in [0.5, 0.6) is 0 Å². The summed E-state index contributed by atoms with van der Waals surface area (Å²) in [4.78, 5) is 22.6. The Morgan fingerprint density at radius 2 is 1.89 bits per heavy atom. The summed E-state index contributed by atoms with van der Waals surface area (Å²) in [7, 11) is 0. The second-order valence-corrected chi connectivity index (χ2v) is 4.57. The van der Waals surface area contributed by atoms with Crippen molar-refractivity contribution >= 4 is 11.9 Å². The zero-order chi connectivity index (χ0) is 14.4. The van der Waals surface area contributed by atoms with Crippen LogP contribution < -0.4 is 5.32 Å². The lowest BCUT2D eigenvalue weighted by Gasteiger charge is -2.16. The predicted octanol–water partition coefficient (Wildman–Crippen LogP) is 1.33. The van der Waals surface area contributed by atoms with Crippen LogP contribution in [0.25, 0.3) is 0 Å². The van der Waals surface area contributed by atoms with Crippen LogP contribution in [0, 0.1) is 17.2 Å². The van der Waals surface area contributed by atoms with E-state index in [4.69, 9.17) is 10.4 Å². The number of benzene rings is 1. The van der Waals surface area contributed by atoms with Gasteiger partial charge in [0.2, 0.25) is 5.91 Å². The number of carboxylic acids is 1. The Hall–Kier alpha value is -2.35. The van der Waals surface area contributed by atoms with Crippen LogP contribution in [0.4, 0.5) is 0 Å². The second-order valence-electron chi connectivity index (χ2n) is 4.57. The van der Waals surface area contributed by atoms with Gasteiger partial charge in [0.1, 0.15) is 6.04 Å². The molecular formula is C14H16N2O3. The maximum absolute atomic E-state index is 11.5. The van der Waals surface area contributed by atoms with Crippen LogP contribution in [0.3, 0.4) is 0 Å². The molecule has 1 aromatic rings. The molecule has 0 radical (unpaired) electrons. The molecule has 0 heterocycles. The molecule has 1 atom stereocenters. The third-order valence-corrected chi connectivity index (χ3v) is 2.66. The van der Waals surface area contributed by atoms with E-state index in [1.807, 2.05) is 6.07 Å². The Morgan fingerprint density at radius 3 is 2.32 bits per heavy atom. The fraction of sp³-hybridized carbons (Fsp3) is 0.357. The molecule has 0 fully saturated rings. The fourth-order valence-corrected chi connectivity index (χ4v) is 1.49. The van der Waals surface area contributed by atoms with Gasteiger partial charge >= 0.3 is 5.97 Å². The van der Waals surface area contributed by atoms with Gasteiger partial charge in [0.25, 0.3) is 0 Å². The first-order valence-corrected chi connectivity index (χ1v) is 5.96. The molecule has 2 N–H and O–H groups in total. The molecule has 0 aliphatic heterocycles. The number of carbonyl (C=O) groups excluding carboxylic acids is 1. The average Bonchev–Trinajstić information content (AvgIpc) is 2.38. The van der Waals surface area contributed by atoms with E-state index in [1.165, 1.54) is 0 Å². The maximum Gasteiger partial charge on any atom is 0.326 e. The molecule has 0 spiro atoms. The van der Waals surface area contributed by atoms with E-state index in [0.717, 1.165) is 5.56 Å². The Labute approximate surface area is 111 Å². The summed E-state index contributed by atoms with van der Waals surface area (Å²) in [5.74, 6) is -1.62. The largest absolute Gasteiger partial charge is 0.480 e. The van der Waals surface area contributed by atoms with E-state index in [-0.39, 0.29) is 18.2 Å². The molecular weight excluding hydrogens is 244 g/mol. The van der Waals surface area contributed by atoms with Gasteiger partial charge < -0.3 is 10.4 Å². The second kappa shape index (κ2) is 6.55. The summed E-state index contributed by atoms with van der Waals surface area (Å²) in [5, 5.41) is 20.3. The molecule has 0 aliphatic rings. The van der Waals surface area contributed by atoms with Crippen LogP contribution in [-0.2, 0) is 16.0 Å². The first-order chi connectivity index (χ1) is 8.93. The summed E-state index contributed by atoms with van der Waals surface area (Å²) in [6, 6.07) is 7.66. The molecule has 0 unspecified atom stereocenters. The van der Waals surface area contributed by atoms with Crippen LogP contribution in [-0.4, -0.2) is 23.0 Å². The minimum atomic E-state index is -1.07. The van der Waals surface area contributed by atoms with E-state index >= 15 is 0 Å². The molecule has 0 saturated carbocycles. The number of hydrogen-bond acceptors (Lipinski definition) is 3. The molecule has 1 rings (SSSR count). The monoisotopic (exact) mass is 260 g/mol. The molecule has 0 saturated heterocycles. The highest BCUT2D eigenvalue weighted by molar-refractivity contribution is 5.84. The number of amides is 1. The first-order valence-electron chi connectivity index (χ1n) is 5.96. The van der Waals surface area contributed by atoms with E-state index in [9.17, 15) is 9.59 Å². The van der Waals surface area contributed by atoms with Crippen molar-refractivity contribution in [3.8, 4) is 6.07 Å². The molecule has 100 valence electrons. The minimum Gasteiger partial charge on any atom is -0.480 e. The number of nitrogens with one attached hydrogen (secondary N) is 1. The van der Waals surface area contributed by atoms with Crippen molar-refractivity contribution in [2.24, 2.45) is 5.92 Å². The zero-order valence-corrected chi connectivity index (χ0v) is 10.9. The summed E-state index contributed by atoms with van der Waals surface area (Å²) in [5.41, 5.74) is 1.28. The molecule has 5 nitrogen and oxygen atoms in total. The van der Waals surface area contributed by atoms with E-state index in [1.54, 1.807) is 38.1 Å². The van der Waals surface area contributed by atoms with Crippen molar-refractivity contribution in [1.29, 1.82) is 5.26 Å². The molecule has 0 bridgehead atoms. The smallest absolute Gasteiger partial charge is 0.326 e. The van der Waals surface area contributed by atoms with Gasteiger partial charge in [-0.25, -0.2) is 4.79 Å². The number of aliphatic carboxylic acids is 1. The minimum absolute atomic E-state index is 0.194. The SMILES string of the molecule is CC(C)C(=O)N[C@@H](Cc1ccc(C#N)cc1)C(=O)O. The van der Waals surface area contributed by atoms with Crippen molar-refractivity contribution in [3.05, 3.63) is 35.4 Å². The van der Waals surface area contributed by atoms with Gasteiger partial charge in [-0.3, -0.25) is 4.79 Å². The normalized spacial score (nSPS) is 11.7. The zero-order valence-electron chi connectivity index (χ0n) is 10.9. The van der Waals surface area contributed by atoms with E-state index < -0.39 is 12.0 Å². The van der Waals surface area contributed by atoms with Gasteiger partial charge in [0, 0.05) is 12.3 Å². The summed E-state index contributed by atoms with van der Waals surface area (Å²) < 4.78 is 0. The van der Waals surface area contributed by atoms with Gasteiger partial charge in [-0.2, -0.15) is 5.26 Å². The standard InChI is InChI=1S/C14H16N2O3/c1-9(2)13(17)16-12(14(18)19)7-10-3-5-11(8-15)6-4-10/h3-6,9,12H,7H2,1-2H3,(H,16,17)(H,18,19)/t12-/m0/s1. The van der Waals surface area contributed by atoms with Crippen LogP contribution in [0.2, 0.25) is 0 Å². The van der Waals surface area contributed by atoms with Crippen LogP contribution in [0.15, 0.2) is 24.3 Å². The van der Waals surface area contributed by atoms with Crippen LogP contribution in [0.1, 0.15) is 25.0 Å². The topological polar surface area (TPSA) is 90.2 Å². The third-order valence-electron chi connectivity index (χ3n) is 2.66. The van der Waals surface area contributed by atoms with Gasteiger partial charge in [-0.15, -0.1) is 0 Å². The van der Waals surface area contributed by atoms with Crippen molar-refractivity contribution in [2.75, 3.05) is 0 Å². The predicted molar refractivity (Wildman–Crippen MR) is 69.3 cm³/mol. The highest BCUT2D eigenvalue weighted by atomic mass is 16.4. The Balaban J connectivity index is 2.75. The molecule has 1 amide bonds. The number of hydrogen-bond donors (Lipinski definition) is 2. The summed E-state index contributed by atoms with van der Waals surface area (Å²) in [6.07, 6.45) is 0.194. The summed E-state index contributed by atoms with van der Waals surface area (Å²) in [6.45, 7) is 3.41. The lowest BCUT2D eigenvalue weighted by atomic mass is 10.0. The highest BCUT2D eigenvalue weighted by Gasteiger charge is 2.21.